The predicted octanol–water partition coefficient (Wildman–Crippen LogP) is 2.52. The second kappa shape index (κ2) is 7.42. The number of nitrogens with zero attached hydrogens (tertiary/aromatic N) is 4. The van der Waals surface area contributed by atoms with E-state index < -0.39 is 6.04 Å². The second-order valence-corrected chi connectivity index (χ2v) is 6.12. The van der Waals surface area contributed by atoms with Crippen molar-refractivity contribution in [3.8, 4) is 11.9 Å². The average molecular weight is 340 g/mol. The number of para-hydroxylation sites is 1. The van der Waals surface area contributed by atoms with Crippen molar-refractivity contribution in [1.29, 1.82) is 5.26 Å². The van der Waals surface area contributed by atoms with Crippen molar-refractivity contribution in [2.75, 3.05) is 0 Å². The molecular weight excluding hydrogens is 320 g/mol. The Morgan fingerprint density at radius 3 is 2.96 bits per heavy atom. The zero-order valence-electron chi connectivity index (χ0n) is 13.9. The summed E-state index contributed by atoms with van der Waals surface area (Å²) in [5.74, 6) is -0.417. The zero-order valence-corrected chi connectivity index (χ0v) is 13.9. The molecule has 1 fully saturated rings. The predicted molar refractivity (Wildman–Crippen MR) is 92.1 cm³/mol. The molecule has 8 nitrogen and oxygen atoms in total. The Labute approximate surface area is 145 Å². The van der Waals surface area contributed by atoms with E-state index in [1.54, 1.807) is 4.57 Å². The van der Waals surface area contributed by atoms with E-state index in [4.69, 9.17) is 5.26 Å². The van der Waals surface area contributed by atoms with Crippen molar-refractivity contribution in [2.24, 2.45) is 10.2 Å². The van der Waals surface area contributed by atoms with Crippen LogP contribution in [-0.4, -0.2) is 27.7 Å². The third-order valence-electron chi connectivity index (χ3n) is 4.23. The number of aromatic hydroxyl groups is 1. The van der Waals surface area contributed by atoms with Gasteiger partial charge in [0.1, 0.15) is 6.04 Å². The van der Waals surface area contributed by atoms with Gasteiger partial charge in [-0.05, 0) is 25.8 Å². The molecule has 3 N–H and O–H groups in total. The molecule has 2 atom stereocenters. The Hall–Kier alpha value is -2.76. The third-order valence-corrected chi connectivity index (χ3v) is 4.23. The molecule has 0 saturated carbocycles. The van der Waals surface area contributed by atoms with Gasteiger partial charge in [0.05, 0.1) is 11.6 Å². The Morgan fingerprint density at radius 1 is 1.44 bits per heavy atom. The van der Waals surface area contributed by atoms with Gasteiger partial charge in [0.2, 0.25) is 5.88 Å². The standard InChI is InChI=1S/C17H20N6O2/c1-11-10-13(20-19-11)16(24)22-21-15-12-6-2-3-7-14(12)23(17(15)25)9-5-4-8-18/h2-3,6-7,11,13,19-20,25H,4-5,9-10H2,1H3. The van der Waals surface area contributed by atoms with Gasteiger partial charge in [-0.1, -0.05) is 18.2 Å². The van der Waals surface area contributed by atoms with Crippen molar-refractivity contribution < 1.29 is 9.90 Å². The number of aromatic nitrogens is 1. The number of carbonyl (C=O) groups excluding carboxylic acids is 1. The lowest BCUT2D eigenvalue weighted by Gasteiger charge is -2.04. The molecule has 2 unspecified atom stereocenters. The molecule has 1 aromatic heterocycles. The molecule has 25 heavy (non-hydrogen) atoms. The topological polar surface area (TPSA) is 115 Å². The Morgan fingerprint density at radius 2 is 2.24 bits per heavy atom. The molecule has 3 rings (SSSR count). The number of unbranched alkanes of at least 4 members (excludes halogenated alkanes) is 1. The van der Waals surface area contributed by atoms with Crippen molar-refractivity contribution in [3.05, 3.63) is 24.3 Å². The maximum absolute atomic E-state index is 12.1. The van der Waals surface area contributed by atoms with Gasteiger partial charge < -0.3 is 9.67 Å². The SMILES string of the molecule is CC1CC(C(=O)N=Nc2c(O)n(CCCC#N)c3ccccc23)NN1. The normalized spacial score (nSPS) is 20.3. The molecule has 0 aliphatic carbocycles. The highest BCUT2D eigenvalue weighted by Crippen LogP contribution is 2.39. The summed E-state index contributed by atoms with van der Waals surface area (Å²) in [7, 11) is 0. The van der Waals surface area contributed by atoms with E-state index in [1.165, 1.54) is 0 Å². The first kappa shape index (κ1) is 17.1. The summed E-state index contributed by atoms with van der Waals surface area (Å²) in [6.07, 6.45) is 1.66. The largest absolute Gasteiger partial charge is 0.493 e. The molecule has 0 bridgehead atoms. The number of aryl methyl sites for hydroxylation is 1. The monoisotopic (exact) mass is 340 g/mol. The Kier molecular flexibility index (Phi) is 5.07. The highest BCUT2D eigenvalue weighted by Gasteiger charge is 2.27. The summed E-state index contributed by atoms with van der Waals surface area (Å²) in [5.41, 5.74) is 6.93. The number of hydrogen-bond donors (Lipinski definition) is 3. The van der Waals surface area contributed by atoms with Gasteiger partial charge in [0.15, 0.2) is 5.69 Å². The van der Waals surface area contributed by atoms with Crippen LogP contribution in [0.2, 0.25) is 0 Å². The lowest BCUT2D eigenvalue weighted by Crippen LogP contribution is -2.36. The minimum Gasteiger partial charge on any atom is -0.493 e. The number of nitriles is 1. The lowest BCUT2D eigenvalue weighted by atomic mass is 10.1. The third kappa shape index (κ3) is 3.52. The first-order valence-corrected chi connectivity index (χ1v) is 8.25. The summed E-state index contributed by atoms with van der Waals surface area (Å²) >= 11 is 0. The van der Waals surface area contributed by atoms with E-state index in [0.717, 1.165) is 10.9 Å². The van der Waals surface area contributed by atoms with Gasteiger partial charge in [-0.2, -0.15) is 5.26 Å². The van der Waals surface area contributed by atoms with Crippen LogP contribution in [0.4, 0.5) is 5.69 Å². The number of carbonyl (C=O) groups is 1. The number of hydrazine groups is 1. The van der Waals surface area contributed by atoms with Gasteiger partial charge in [-0.15, -0.1) is 10.2 Å². The summed E-state index contributed by atoms with van der Waals surface area (Å²) in [5, 5.41) is 27.8. The van der Waals surface area contributed by atoms with Crippen LogP contribution in [0.1, 0.15) is 26.2 Å². The van der Waals surface area contributed by atoms with Gasteiger partial charge in [-0.25, -0.2) is 5.43 Å². The number of nitrogens with one attached hydrogen (secondary N) is 2. The fourth-order valence-corrected chi connectivity index (χ4v) is 2.96. The molecule has 1 amide bonds. The summed E-state index contributed by atoms with van der Waals surface area (Å²) < 4.78 is 1.70. The molecule has 0 radical (unpaired) electrons. The molecule has 1 aromatic carbocycles. The Balaban J connectivity index is 1.88. The number of hydrogen-bond acceptors (Lipinski definition) is 6. The fourth-order valence-electron chi connectivity index (χ4n) is 2.96. The first-order valence-electron chi connectivity index (χ1n) is 8.25. The molecule has 130 valence electrons. The molecular formula is C17H20N6O2. The van der Waals surface area contributed by atoms with Crippen LogP contribution >= 0.6 is 0 Å². The summed E-state index contributed by atoms with van der Waals surface area (Å²) in [6.45, 7) is 2.47. The van der Waals surface area contributed by atoms with Crippen molar-refractivity contribution in [3.63, 3.8) is 0 Å². The minimum atomic E-state index is -0.412. The second-order valence-electron chi connectivity index (χ2n) is 6.12. The van der Waals surface area contributed by atoms with E-state index in [-0.39, 0.29) is 23.5 Å². The van der Waals surface area contributed by atoms with Crippen LogP contribution in [0.25, 0.3) is 10.9 Å². The van der Waals surface area contributed by atoms with E-state index in [1.807, 2.05) is 31.2 Å². The van der Waals surface area contributed by atoms with Gasteiger partial charge in [0, 0.05) is 24.4 Å². The van der Waals surface area contributed by atoms with Crippen LogP contribution in [0.15, 0.2) is 34.5 Å². The van der Waals surface area contributed by atoms with E-state index in [0.29, 0.717) is 25.8 Å². The number of fused-ring (bicyclic) bond motifs is 1. The number of amides is 1. The van der Waals surface area contributed by atoms with Crippen LogP contribution < -0.4 is 10.9 Å². The maximum atomic E-state index is 12.1. The molecule has 2 heterocycles. The van der Waals surface area contributed by atoms with E-state index >= 15 is 0 Å². The number of rotatable bonds is 5. The molecule has 1 aliphatic heterocycles. The number of azo groups is 1. The van der Waals surface area contributed by atoms with Crippen molar-refractivity contribution in [1.82, 2.24) is 15.4 Å². The minimum absolute atomic E-state index is 0.0402. The zero-order chi connectivity index (χ0) is 17.8. The van der Waals surface area contributed by atoms with Crippen LogP contribution in [0.3, 0.4) is 0 Å². The summed E-state index contributed by atoms with van der Waals surface area (Å²) in [6, 6.07) is 9.27. The van der Waals surface area contributed by atoms with Gasteiger partial charge >= 0.3 is 0 Å². The van der Waals surface area contributed by atoms with Crippen LogP contribution in [0, 0.1) is 11.3 Å². The molecule has 8 heteroatoms. The van der Waals surface area contributed by atoms with E-state index in [2.05, 4.69) is 27.1 Å². The molecule has 2 aromatic rings. The lowest BCUT2D eigenvalue weighted by molar-refractivity contribution is -0.120. The molecule has 1 aliphatic rings. The molecule has 0 spiro atoms. The molecule has 1 saturated heterocycles. The fraction of sp³-hybridized carbons (Fsp3) is 0.412. The highest BCUT2D eigenvalue weighted by molar-refractivity contribution is 5.95. The highest BCUT2D eigenvalue weighted by atomic mass is 16.3. The first-order chi connectivity index (χ1) is 12.1. The van der Waals surface area contributed by atoms with Gasteiger partial charge in [0.25, 0.3) is 5.91 Å². The maximum Gasteiger partial charge on any atom is 0.282 e. The van der Waals surface area contributed by atoms with Crippen LogP contribution in [0.5, 0.6) is 5.88 Å². The van der Waals surface area contributed by atoms with Crippen LogP contribution in [-0.2, 0) is 11.3 Å². The average Bonchev–Trinajstić information content (AvgIpc) is 3.16. The van der Waals surface area contributed by atoms with Crippen molar-refractivity contribution >= 4 is 22.5 Å². The van der Waals surface area contributed by atoms with E-state index in [9.17, 15) is 9.90 Å². The summed E-state index contributed by atoms with van der Waals surface area (Å²) in [4.78, 5) is 12.1. The smallest absolute Gasteiger partial charge is 0.282 e. The van der Waals surface area contributed by atoms with Gasteiger partial charge in [-0.3, -0.25) is 10.2 Å². The number of benzene rings is 1. The Bertz CT molecular complexity index is 851. The quantitative estimate of drug-likeness (QED) is 0.571. The van der Waals surface area contributed by atoms with Crippen molar-refractivity contribution in [2.45, 2.75) is 44.8 Å².